The predicted molar refractivity (Wildman–Crippen MR) is 156 cm³/mol. The maximum absolute atomic E-state index is 12.9. The third-order valence-corrected chi connectivity index (χ3v) is 7.72. The Labute approximate surface area is 236 Å². The molecule has 4 heterocycles. The van der Waals surface area contributed by atoms with E-state index in [2.05, 4.69) is 58.2 Å². The first kappa shape index (κ1) is 28.2. The number of rotatable bonds is 11. The fraction of sp³-hybridized carbons (Fsp3) is 0.517. The number of benzene rings is 1. The third kappa shape index (κ3) is 7.42. The number of nitrogens with one attached hydrogen (secondary N) is 5. The molecule has 2 fully saturated rings. The van der Waals surface area contributed by atoms with E-state index in [1.807, 2.05) is 36.5 Å². The highest BCUT2D eigenvalue weighted by molar-refractivity contribution is 5.95. The molecule has 0 spiro atoms. The second-order valence-electron chi connectivity index (χ2n) is 10.4. The van der Waals surface area contributed by atoms with E-state index < -0.39 is 0 Å². The van der Waals surface area contributed by atoms with E-state index in [1.165, 1.54) is 6.42 Å². The molecular formula is C29H42N10O. The van der Waals surface area contributed by atoms with Gasteiger partial charge < -0.3 is 30.7 Å². The SMILES string of the molecule is CCc1cnccc1CNC(=O)c1cccc(NCc2nnc(C3CCNCN3)n2CCN2CCCNCC2)c1. The molecule has 1 unspecified atom stereocenters. The standard InChI is InChI=1S/C29H42N10O/c1-2-22-18-31-10-7-24(22)19-34-29(40)23-5-3-6-25(17-23)33-20-27-36-37-28(26-8-11-32-21-35-26)39(27)16-15-38-13-4-9-30-12-14-38/h3,5-7,10,17-18,26,30,32-33,35H,2,4,8-9,11-16,19-21H2,1H3,(H,34,40). The first-order chi connectivity index (χ1) is 19.7. The van der Waals surface area contributed by atoms with Crippen molar-refractivity contribution >= 4 is 11.6 Å². The van der Waals surface area contributed by atoms with Crippen molar-refractivity contribution in [2.45, 2.75) is 51.9 Å². The van der Waals surface area contributed by atoms with Crippen LogP contribution in [0.2, 0.25) is 0 Å². The number of carbonyl (C=O) groups is 1. The van der Waals surface area contributed by atoms with Crippen LogP contribution in [0.1, 0.15) is 58.9 Å². The molecule has 0 bridgehead atoms. The fourth-order valence-electron chi connectivity index (χ4n) is 5.38. The Morgan fingerprint density at radius 3 is 2.88 bits per heavy atom. The molecule has 11 nitrogen and oxygen atoms in total. The van der Waals surface area contributed by atoms with Crippen LogP contribution in [-0.4, -0.2) is 76.5 Å². The maximum atomic E-state index is 12.9. The van der Waals surface area contributed by atoms with Gasteiger partial charge in [-0.15, -0.1) is 10.2 Å². The quantitative estimate of drug-likeness (QED) is 0.244. The lowest BCUT2D eigenvalue weighted by atomic mass is 10.1. The Morgan fingerprint density at radius 2 is 2.00 bits per heavy atom. The monoisotopic (exact) mass is 546 g/mol. The summed E-state index contributed by atoms with van der Waals surface area (Å²) in [4.78, 5) is 19.6. The number of hydrogen-bond acceptors (Lipinski definition) is 9. The summed E-state index contributed by atoms with van der Waals surface area (Å²) in [6.45, 7) is 11.0. The van der Waals surface area contributed by atoms with Gasteiger partial charge in [-0.3, -0.25) is 15.1 Å². The van der Waals surface area contributed by atoms with Gasteiger partial charge in [-0.05, 0) is 74.3 Å². The van der Waals surface area contributed by atoms with Crippen molar-refractivity contribution in [3.05, 3.63) is 71.1 Å². The molecule has 214 valence electrons. The van der Waals surface area contributed by atoms with Crippen LogP contribution in [-0.2, 0) is 26.1 Å². The van der Waals surface area contributed by atoms with Crippen LogP contribution in [0.15, 0.2) is 42.7 Å². The molecule has 2 aromatic heterocycles. The number of nitrogens with zero attached hydrogens (tertiary/aromatic N) is 5. The van der Waals surface area contributed by atoms with E-state index in [9.17, 15) is 4.79 Å². The van der Waals surface area contributed by atoms with Crippen LogP contribution in [0.25, 0.3) is 0 Å². The van der Waals surface area contributed by atoms with Crippen LogP contribution in [0.4, 0.5) is 5.69 Å². The fourth-order valence-corrected chi connectivity index (χ4v) is 5.38. The molecule has 11 heteroatoms. The number of pyridine rings is 1. The molecule has 1 aromatic carbocycles. The molecule has 0 saturated carbocycles. The summed E-state index contributed by atoms with van der Waals surface area (Å²) in [6.07, 6.45) is 6.67. The van der Waals surface area contributed by atoms with Gasteiger partial charge in [0.05, 0.1) is 12.6 Å². The highest BCUT2D eigenvalue weighted by Crippen LogP contribution is 2.19. The molecule has 1 amide bonds. The zero-order chi connectivity index (χ0) is 27.6. The third-order valence-electron chi connectivity index (χ3n) is 7.72. The highest BCUT2D eigenvalue weighted by atomic mass is 16.1. The molecule has 40 heavy (non-hydrogen) atoms. The van der Waals surface area contributed by atoms with Crippen LogP contribution >= 0.6 is 0 Å². The van der Waals surface area contributed by atoms with Gasteiger partial charge in [0.15, 0.2) is 5.82 Å². The summed E-state index contributed by atoms with van der Waals surface area (Å²) in [5.74, 6) is 1.81. The number of hydrogen-bond donors (Lipinski definition) is 5. The Kier molecular flexibility index (Phi) is 10.1. The highest BCUT2D eigenvalue weighted by Gasteiger charge is 2.23. The minimum absolute atomic E-state index is 0.100. The van der Waals surface area contributed by atoms with Crippen LogP contribution in [0, 0.1) is 0 Å². The second-order valence-corrected chi connectivity index (χ2v) is 10.4. The van der Waals surface area contributed by atoms with Gasteiger partial charge in [0.1, 0.15) is 5.82 Å². The zero-order valence-corrected chi connectivity index (χ0v) is 23.5. The summed E-state index contributed by atoms with van der Waals surface area (Å²) in [6, 6.07) is 9.77. The topological polar surface area (TPSA) is 124 Å². The first-order valence-electron chi connectivity index (χ1n) is 14.5. The van der Waals surface area contributed by atoms with Crippen LogP contribution in [0.5, 0.6) is 0 Å². The van der Waals surface area contributed by atoms with Crippen molar-refractivity contribution in [2.75, 3.05) is 51.3 Å². The van der Waals surface area contributed by atoms with Crippen LogP contribution in [0.3, 0.4) is 0 Å². The number of amides is 1. The van der Waals surface area contributed by atoms with Crippen molar-refractivity contribution in [2.24, 2.45) is 0 Å². The van der Waals surface area contributed by atoms with E-state index in [0.29, 0.717) is 18.7 Å². The average molecular weight is 547 g/mol. The Bertz CT molecular complexity index is 1230. The summed E-state index contributed by atoms with van der Waals surface area (Å²) in [7, 11) is 0. The first-order valence-corrected chi connectivity index (χ1v) is 14.5. The van der Waals surface area contributed by atoms with Gasteiger partial charge in [-0.1, -0.05) is 13.0 Å². The minimum atomic E-state index is -0.100. The Balaban J connectivity index is 1.24. The van der Waals surface area contributed by atoms with E-state index >= 15 is 0 Å². The molecule has 2 saturated heterocycles. The zero-order valence-electron chi connectivity index (χ0n) is 23.5. The lowest BCUT2D eigenvalue weighted by molar-refractivity contribution is 0.0951. The Hall–Kier alpha value is -3.38. The molecule has 2 aliphatic heterocycles. The molecule has 2 aliphatic rings. The molecule has 0 radical (unpaired) electrons. The summed E-state index contributed by atoms with van der Waals surface area (Å²) >= 11 is 0. The summed E-state index contributed by atoms with van der Waals surface area (Å²) in [5.41, 5.74) is 3.73. The maximum Gasteiger partial charge on any atom is 0.251 e. The molecule has 5 N–H and O–H groups in total. The smallest absolute Gasteiger partial charge is 0.251 e. The van der Waals surface area contributed by atoms with Crippen molar-refractivity contribution in [3.8, 4) is 0 Å². The number of anilines is 1. The largest absolute Gasteiger partial charge is 0.378 e. The van der Waals surface area contributed by atoms with Gasteiger partial charge in [-0.25, -0.2) is 0 Å². The second kappa shape index (κ2) is 14.3. The van der Waals surface area contributed by atoms with Crippen molar-refractivity contribution in [1.29, 1.82) is 0 Å². The molecular weight excluding hydrogens is 504 g/mol. The van der Waals surface area contributed by atoms with E-state index in [1.54, 1.807) is 6.20 Å². The van der Waals surface area contributed by atoms with E-state index in [4.69, 9.17) is 0 Å². The van der Waals surface area contributed by atoms with Crippen molar-refractivity contribution in [1.82, 2.24) is 45.9 Å². The predicted octanol–water partition coefficient (Wildman–Crippen LogP) is 1.65. The van der Waals surface area contributed by atoms with Crippen LogP contribution < -0.4 is 26.6 Å². The number of aryl methyl sites for hydroxylation is 1. The normalized spacial score (nSPS) is 18.3. The van der Waals surface area contributed by atoms with Gasteiger partial charge in [-0.2, -0.15) is 0 Å². The molecule has 3 aromatic rings. The molecule has 5 rings (SSSR count). The van der Waals surface area contributed by atoms with Gasteiger partial charge in [0, 0.05) is 63.0 Å². The van der Waals surface area contributed by atoms with E-state index in [0.717, 1.165) is 93.8 Å². The summed E-state index contributed by atoms with van der Waals surface area (Å²) in [5, 5.41) is 26.1. The Morgan fingerprint density at radius 1 is 1.05 bits per heavy atom. The van der Waals surface area contributed by atoms with E-state index in [-0.39, 0.29) is 11.9 Å². The minimum Gasteiger partial charge on any atom is -0.378 e. The van der Waals surface area contributed by atoms with Gasteiger partial charge >= 0.3 is 0 Å². The molecule has 0 aliphatic carbocycles. The van der Waals surface area contributed by atoms with Gasteiger partial charge in [0.25, 0.3) is 5.91 Å². The van der Waals surface area contributed by atoms with Crippen molar-refractivity contribution < 1.29 is 4.79 Å². The average Bonchev–Trinajstić information content (AvgIpc) is 3.23. The lowest BCUT2D eigenvalue weighted by Crippen LogP contribution is -2.41. The number of carbonyl (C=O) groups excluding carboxylic acids is 1. The lowest BCUT2D eigenvalue weighted by Gasteiger charge is -2.26. The number of aromatic nitrogens is 4. The summed E-state index contributed by atoms with van der Waals surface area (Å²) < 4.78 is 2.28. The molecule has 1 atom stereocenters. The van der Waals surface area contributed by atoms with Gasteiger partial charge in [0.2, 0.25) is 0 Å². The van der Waals surface area contributed by atoms with Crippen molar-refractivity contribution in [3.63, 3.8) is 0 Å².